The lowest BCUT2D eigenvalue weighted by molar-refractivity contribution is 0.0206. The molecule has 0 aliphatic carbocycles. The van der Waals surface area contributed by atoms with Crippen LogP contribution in [0.25, 0.3) is 0 Å². The molecule has 7 heteroatoms. The van der Waals surface area contributed by atoms with Gasteiger partial charge in [0.2, 0.25) is 0 Å². The van der Waals surface area contributed by atoms with Crippen molar-refractivity contribution in [3.63, 3.8) is 0 Å². The average Bonchev–Trinajstić information content (AvgIpc) is 2.57. The Morgan fingerprint density at radius 3 is 2.54 bits per heavy atom. The Balaban J connectivity index is 2.39. The summed E-state index contributed by atoms with van der Waals surface area (Å²) in [6, 6.07) is 10.1. The fourth-order valence-electron chi connectivity index (χ4n) is 2.15. The van der Waals surface area contributed by atoms with Crippen LogP contribution >= 0.6 is 0 Å². The van der Waals surface area contributed by atoms with Gasteiger partial charge < -0.3 is 25.4 Å². The molecule has 146 valence electrons. The lowest BCUT2D eigenvalue weighted by atomic mass is 10.2. The van der Waals surface area contributed by atoms with Crippen molar-refractivity contribution < 1.29 is 14.3 Å². The van der Waals surface area contributed by atoms with Crippen LogP contribution < -0.4 is 11.1 Å². The molecule has 1 aromatic carbocycles. The van der Waals surface area contributed by atoms with Gasteiger partial charge in [0, 0.05) is 33.3 Å². The highest BCUT2D eigenvalue weighted by molar-refractivity contribution is 5.77. The number of amides is 1. The lowest BCUT2D eigenvalue weighted by Gasteiger charge is -2.27. The van der Waals surface area contributed by atoms with Crippen molar-refractivity contribution in [2.45, 2.75) is 32.8 Å². The number of methoxy groups -OCH3 is 1. The van der Waals surface area contributed by atoms with Crippen LogP contribution in [0.2, 0.25) is 0 Å². The molecule has 0 heterocycles. The van der Waals surface area contributed by atoms with Gasteiger partial charge in [-0.25, -0.2) is 4.79 Å². The first kappa shape index (κ1) is 21.8. The third kappa shape index (κ3) is 9.88. The van der Waals surface area contributed by atoms with Gasteiger partial charge in [-0.2, -0.15) is 0 Å². The van der Waals surface area contributed by atoms with E-state index in [1.807, 2.05) is 39.0 Å². The number of aliphatic imine (C=N–C) groups is 1. The van der Waals surface area contributed by atoms with Crippen LogP contribution in [0.15, 0.2) is 35.3 Å². The predicted molar refractivity (Wildman–Crippen MR) is 104 cm³/mol. The summed E-state index contributed by atoms with van der Waals surface area (Å²) < 4.78 is 10.5. The number of hydrogen-bond acceptors (Lipinski definition) is 4. The molecule has 0 aliphatic rings. The molecule has 1 aromatic rings. The minimum absolute atomic E-state index is 0.365. The Hall–Kier alpha value is -2.28. The third-order valence-electron chi connectivity index (χ3n) is 3.43. The van der Waals surface area contributed by atoms with Gasteiger partial charge in [0.25, 0.3) is 0 Å². The first-order chi connectivity index (χ1) is 12.3. The topological polar surface area (TPSA) is 89.2 Å². The van der Waals surface area contributed by atoms with E-state index in [4.69, 9.17) is 15.2 Å². The first-order valence-electron chi connectivity index (χ1n) is 8.86. The second kappa shape index (κ2) is 11.4. The summed E-state index contributed by atoms with van der Waals surface area (Å²) in [5.41, 5.74) is 6.57. The number of nitrogens with zero attached hydrogens (tertiary/aromatic N) is 2. The van der Waals surface area contributed by atoms with Gasteiger partial charge in [0.05, 0.1) is 6.61 Å². The molecule has 0 saturated heterocycles. The average molecular weight is 364 g/mol. The molecule has 1 amide bonds. The SMILES string of the molecule is COCCN(CCNC(N)=NCCc1ccccc1)C(=O)OC(C)(C)C. The Morgan fingerprint density at radius 2 is 1.92 bits per heavy atom. The molecule has 0 bridgehead atoms. The molecule has 3 N–H and O–H groups in total. The summed E-state index contributed by atoms with van der Waals surface area (Å²) in [6.45, 7) is 7.98. The fourth-order valence-corrected chi connectivity index (χ4v) is 2.15. The van der Waals surface area contributed by atoms with E-state index in [0.717, 1.165) is 6.42 Å². The third-order valence-corrected chi connectivity index (χ3v) is 3.43. The highest BCUT2D eigenvalue weighted by Crippen LogP contribution is 2.09. The Labute approximate surface area is 156 Å². The van der Waals surface area contributed by atoms with Crippen LogP contribution in [-0.2, 0) is 15.9 Å². The maximum Gasteiger partial charge on any atom is 0.410 e. The van der Waals surface area contributed by atoms with E-state index in [1.165, 1.54) is 5.56 Å². The molecule has 7 nitrogen and oxygen atoms in total. The quantitative estimate of drug-likeness (QED) is 0.517. The van der Waals surface area contributed by atoms with Crippen LogP contribution in [0.4, 0.5) is 4.79 Å². The molecule has 0 fully saturated rings. The van der Waals surface area contributed by atoms with Crippen molar-refractivity contribution in [1.82, 2.24) is 10.2 Å². The number of nitrogens with two attached hydrogens (primary N) is 1. The summed E-state index contributed by atoms with van der Waals surface area (Å²) in [5.74, 6) is 0.372. The van der Waals surface area contributed by atoms with Gasteiger partial charge in [-0.1, -0.05) is 30.3 Å². The van der Waals surface area contributed by atoms with E-state index < -0.39 is 5.60 Å². The smallest absolute Gasteiger partial charge is 0.410 e. The van der Waals surface area contributed by atoms with Crippen LogP contribution in [0.5, 0.6) is 0 Å². The summed E-state index contributed by atoms with van der Waals surface area (Å²) >= 11 is 0. The molecular formula is C19H32N4O3. The van der Waals surface area contributed by atoms with Gasteiger partial charge in [-0.3, -0.25) is 4.99 Å². The number of carbonyl (C=O) groups excluding carboxylic acids is 1. The highest BCUT2D eigenvalue weighted by atomic mass is 16.6. The maximum atomic E-state index is 12.2. The second-order valence-electron chi connectivity index (χ2n) is 6.89. The van der Waals surface area contributed by atoms with Crippen LogP contribution in [0.3, 0.4) is 0 Å². The highest BCUT2D eigenvalue weighted by Gasteiger charge is 2.21. The van der Waals surface area contributed by atoms with Gasteiger partial charge in [-0.05, 0) is 32.8 Å². The van der Waals surface area contributed by atoms with Gasteiger partial charge in [0.15, 0.2) is 5.96 Å². The summed E-state index contributed by atoms with van der Waals surface area (Å²) in [6.07, 6.45) is 0.470. The minimum Gasteiger partial charge on any atom is -0.444 e. The number of nitrogens with one attached hydrogen (secondary N) is 1. The van der Waals surface area contributed by atoms with Crippen LogP contribution in [0, 0.1) is 0 Å². The van der Waals surface area contributed by atoms with Crippen molar-refractivity contribution in [3.05, 3.63) is 35.9 Å². The van der Waals surface area contributed by atoms with E-state index in [9.17, 15) is 4.79 Å². The monoisotopic (exact) mass is 364 g/mol. The zero-order valence-electron chi connectivity index (χ0n) is 16.3. The molecule has 0 atom stereocenters. The Kier molecular flexibility index (Phi) is 9.51. The van der Waals surface area contributed by atoms with Crippen molar-refractivity contribution in [1.29, 1.82) is 0 Å². The standard InChI is InChI=1S/C19H32N4O3/c1-19(2,3)26-18(24)23(14-15-25-4)13-12-22-17(20)21-11-10-16-8-6-5-7-9-16/h5-9H,10-15H2,1-4H3,(H3,20,21,22). The largest absolute Gasteiger partial charge is 0.444 e. The van der Waals surface area contributed by atoms with Crippen molar-refractivity contribution in [2.75, 3.05) is 39.9 Å². The normalized spacial score (nSPS) is 11.9. The van der Waals surface area contributed by atoms with Gasteiger partial charge >= 0.3 is 6.09 Å². The summed E-state index contributed by atoms with van der Waals surface area (Å²) in [5, 5.41) is 3.03. The van der Waals surface area contributed by atoms with Crippen molar-refractivity contribution in [3.8, 4) is 0 Å². The number of guanidine groups is 1. The van der Waals surface area contributed by atoms with Crippen molar-refractivity contribution in [2.24, 2.45) is 10.7 Å². The molecule has 0 saturated carbocycles. The van der Waals surface area contributed by atoms with E-state index >= 15 is 0 Å². The van der Waals surface area contributed by atoms with Gasteiger partial charge in [0.1, 0.15) is 5.60 Å². The molecule has 0 radical (unpaired) electrons. The number of hydrogen-bond donors (Lipinski definition) is 2. The van der Waals surface area contributed by atoms with E-state index in [-0.39, 0.29) is 6.09 Å². The maximum absolute atomic E-state index is 12.2. The summed E-state index contributed by atoms with van der Waals surface area (Å²) in [4.78, 5) is 18.1. The number of carbonyl (C=O) groups is 1. The molecular weight excluding hydrogens is 332 g/mol. The fraction of sp³-hybridized carbons (Fsp3) is 0.579. The van der Waals surface area contributed by atoms with E-state index in [0.29, 0.717) is 38.7 Å². The lowest BCUT2D eigenvalue weighted by Crippen LogP contribution is -2.44. The first-order valence-corrected chi connectivity index (χ1v) is 8.86. The molecule has 26 heavy (non-hydrogen) atoms. The molecule has 0 aromatic heterocycles. The molecule has 0 aliphatic heterocycles. The molecule has 0 unspecified atom stereocenters. The number of ether oxygens (including phenoxy) is 2. The number of benzene rings is 1. The molecule has 1 rings (SSSR count). The number of rotatable bonds is 9. The Morgan fingerprint density at radius 1 is 1.23 bits per heavy atom. The molecule has 0 spiro atoms. The minimum atomic E-state index is -0.534. The summed E-state index contributed by atoms with van der Waals surface area (Å²) in [7, 11) is 1.60. The van der Waals surface area contributed by atoms with Crippen LogP contribution in [0.1, 0.15) is 26.3 Å². The zero-order valence-corrected chi connectivity index (χ0v) is 16.3. The van der Waals surface area contributed by atoms with Crippen LogP contribution in [-0.4, -0.2) is 62.4 Å². The van der Waals surface area contributed by atoms with Gasteiger partial charge in [-0.15, -0.1) is 0 Å². The van der Waals surface area contributed by atoms with E-state index in [1.54, 1.807) is 12.0 Å². The second-order valence-corrected chi connectivity index (χ2v) is 6.89. The zero-order chi connectivity index (χ0) is 19.4. The van der Waals surface area contributed by atoms with Crippen molar-refractivity contribution >= 4 is 12.1 Å². The predicted octanol–water partition coefficient (Wildman–Crippen LogP) is 2.02. The Bertz CT molecular complexity index is 556. The van der Waals surface area contributed by atoms with E-state index in [2.05, 4.69) is 22.4 Å².